The summed E-state index contributed by atoms with van der Waals surface area (Å²) in [5.41, 5.74) is 1.65. The molecule has 29 heteroatoms. The van der Waals surface area contributed by atoms with E-state index >= 15 is 0 Å². The molecule has 8 rings (SSSR count). The van der Waals surface area contributed by atoms with Gasteiger partial charge in [0.2, 0.25) is 17.7 Å². The van der Waals surface area contributed by atoms with Crippen LogP contribution in [0.4, 0.5) is 0 Å². The summed E-state index contributed by atoms with van der Waals surface area (Å²) >= 11 is 0. The predicted molar refractivity (Wildman–Crippen MR) is 376 cm³/mol. The highest BCUT2D eigenvalue weighted by Gasteiger charge is 2.62. The summed E-state index contributed by atoms with van der Waals surface area (Å²) in [6.45, 7) is 12.7. The first-order valence-corrected chi connectivity index (χ1v) is 35.8. The fourth-order valence-corrected chi connectivity index (χ4v) is 14.6. The maximum Gasteiger partial charge on any atom is 0.330 e. The fraction of sp³-hybridized carbons (Fsp3) is 0.667. The molecule has 4 saturated carbocycles. The molecule has 0 atom stereocenters. The molecule has 1 aliphatic heterocycles. The van der Waals surface area contributed by atoms with Gasteiger partial charge >= 0.3 is 17.9 Å². The van der Waals surface area contributed by atoms with Gasteiger partial charge in [-0.1, -0.05) is 19.9 Å². The molecule has 29 nitrogen and oxygen atoms in total. The van der Waals surface area contributed by atoms with Crippen LogP contribution in [0.15, 0.2) is 42.5 Å². The van der Waals surface area contributed by atoms with Crippen molar-refractivity contribution in [2.75, 3.05) is 193 Å². The van der Waals surface area contributed by atoms with Crippen molar-refractivity contribution in [2.45, 2.75) is 95.9 Å². The molecule has 1 saturated heterocycles. The monoisotopic (exact) mass is 1410 g/mol. The lowest BCUT2D eigenvalue weighted by atomic mass is 9.48. The Labute approximate surface area is 593 Å². The highest BCUT2D eigenvalue weighted by Crippen LogP contribution is 2.58. The van der Waals surface area contributed by atoms with Gasteiger partial charge < -0.3 is 74.4 Å². The van der Waals surface area contributed by atoms with Gasteiger partial charge in [0.25, 0.3) is 11.8 Å². The third-order valence-corrected chi connectivity index (χ3v) is 19.9. The van der Waals surface area contributed by atoms with Crippen molar-refractivity contribution in [2.24, 2.45) is 23.7 Å². The van der Waals surface area contributed by atoms with Crippen LogP contribution in [-0.4, -0.2) is 311 Å². The SMILES string of the molecule is COc1cccc(OC)c1-c1cc(C(=O)NC2(C(=O)O)C3CC4CC(C3)CC2C4)nn1-c1ccc(C(=O)N(C)CCCN(C)CCCN(C)C(=O)CCC(=O)NCCCOCCOCCOCCCNC(=O)CN2CCN(CC=O)CCN(CC(=O)O)CCN(CC(=O)O)CC2)cc1C(C)C. The zero-order chi connectivity index (χ0) is 73.0. The van der Waals surface area contributed by atoms with Gasteiger partial charge in [-0.2, -0.15) is 5.10 Å². The average molecular weight is 1420 g/mol. The van der Waals surface area contributed by atoms with Gasteiger partial charge in [0.05, 0.1) is 83.8 Å². The van der Waals surface area contributed by atoms with E-state index in [2.05, 4.69) is 20.9 Å². The first-order valence-electron chi connectivity index (χ1n) is 35.8. The Morgan fingerprint density at radius 2 is 1.12 bits per heavy atom. The van der Waals surface area contributed by atoms with E-state index in [1.165, 1.54) is 0 Å². The molecular formula is C72H110N12O17. The molecule has 6 N–H and O–H groups in total. The summed E-state index contributed by atoms with van der Waals surface area (Å²) < 4.78 is 30.2. The summed E-state index contributed by atoms with van der Waals surface area (Å²) in [5.74, 6) is -2.64. The largest absolute Gasteiger partial charge is 0.496 e. The summed E-state index contributed by atoms with van der Waals surface area (Å²) in [5, 5.41) is 43.5. The number of carbonyl (C=O) groups excluding carboxylic acids is 6. The van der Waals surface area contributed by atoms with Crippen molar-refractivity contribution >= 4 is 53.7 Å². The van der Waals surface area contributed by atoms with Gasteiger partial charge in [-0.15, -0.1) is 0 Å². The molecule has 4 aliphatic carbocycles. The second-order valence-corrected chi connectivity index (χ2v) is 27.6. The number of benzene rings is 2. The van der Waals surface area contributed by atoms with Crippen LogP contribution in [-0.2, 0) is 47.8 Å². The van der Waals surface area contributed by atoms with Crippen LogP contribution in [0, 0.1) is 23.7 Å². The number of hydrogen-bond donors (Lipinski definition) is 6. The lowest BCUT2D eigenvalue weighted by molar-refractivity contribution is -0.163. The number of nitrogens with one attached hydrogen (secondary N) is 3. The van der Waals surface area contributed by atoms with Gasteiger partial charge in [-0.25, -0.2) is 9.48 Å². The van der Waals surface area contributed by atoms with E-state index in [0.717, 1.165) is 63.5 Å². The quantitative estimate of drug-likeness (QED) is 0.0350. The summed E-state index contributed by atoms with van der Waals surface area (Å²) in [6, 6.07) is 12.5. The molecular weight excluding hydrogens is 1300 g/mol. The van der Waals surface area contributed by atoms with E-state index in [-0.39, 0.29) is 86.1 Å². The van der Waals surface area contributed by atoms with E-state index in [1.807, 2.05) is 42.8 Å². The zero-order valence-electron chi connectivity index (χ0n) is 60.3. The highest BCUT2D eigenvalue weighted by atomic mass is 16.5. The highest BCUT2D eigenvalue weighted by molar-refractivity contribution is 5.99. The van der Waals surface area contributed by atoms with Crippen molar-refractivity contribution in [3.8, 4) is 28.4 Å². The van der Waals surface area contributed by atoms with Crippen molar-refractivity contribution in [1.82, 2.24) is 60.0 Å². The van der Waals surface area contributed by atoms with Crippen molar-refractivity contribution in [3.63, 3.8) is 0 Å². The predicted octanol–water partition coefficient (Wildman–Crippen LogP) is 3.36. The lowest BCUT2D eigenvalue weighted by Crippen LogP contribution is -2.70. The number of aldehydes is 1. The first-order chi connectivity index (χ1) is 48.5. The standard InChI is InChI=1S/C72H110N12O17/c1-51(2)57-46-54(15-16-59(57)84-60(68-61(97-6)13-8-14-62(68)98-7)47-58(76-84)69(93)75-72(71(95)96)55-42-52-41-53(44-55)45-56(72)43-52)70(94)79(5)24-12-22-77(3)21-11-23-78(4)65(88)18-17-63(86)73-19-9-35-99-37-39-101-40-38-100-36-10-20-74-64(87)48-81-27-25-80(33-34-85)26-28-82(49-66(89)90)31-32-83(30-29-81)50-67(91)92/h8,13-16,34,46-47,51-53,55-56H,9-12,17-33,35-45,48-50H2,1-7H3,(H,73,86)(H,74,87)(H,75,93)(H,89,90)(H,91,92)(H,95,96). The van der Waals surface area contributed by atoms with E-state index in [9.17, 15) is 58.5 Å². The van der Waals surface area contributed by atoms with Crippen LogP contribution in [0.1, 0.15) is 117 Å². The fourth-order valence-electron chi connectivity index (χ4n) is 14.6. The number of nitrogens with zero attached hydrogens (tertiary/aromatic N) is 9. The Balaban J connectivity index is 0.730. The summed E-state index contributed by atoms with van der Waals surface area (Å²) in [4.78, 5) is 128. The van der Waals surface area contributed by atoms with Crippen molar-refractivity contribution < 1.29 is 82.2 Å². The molecule has 101 heavy (non-hydrogen) atoms. The number of carboxylic acids is 3. The number of aliphatic carboxylic acids is 3. The minimum Gasteiger partial charge on any atom is -0.496 e. The van der Waals surface area contributed by atoms with E-state index < -0.39 is 29.4 Å². The smallest absolute Gasteiger partial charge is 0.330 e. The number of amides is 5. The average Bonchev–Trinajstić information content (AvgIpc) is 1.10. The topological polar surface area (TPSA) is 337 Å². The third-order valence-electron chi connectivity index (χ3n) is 19.9. The Morgan fingerprint density at radius 3 is 1.62 bits per heavy atom. The zero-order valence-corrected chi connectivity index (χ0v) is 60.3. The number of aromatic nitrogens is 2. The van der Waals surface area contributed by atoms with Gasteiger partial charge in [0.15, 0.2) is 5.69 Å². The van der Waals surface area contributed by atoms with E-state index in [4.69, 9.17) is 28.8 Å². The second kappa shape index (κ2) is 40.9. The number of ether oxygens (including phenoxy) is 5. The normalized spacial score (nSPS) is 19.9. The van der Waals surface area contributed by atoms with Crippen LogP contribution in [0.2, 0.25) is 0 Å². The minimum absolute atomic E-state index is 0.0501. The molecule has 2 aromatic carbocycles. The molecule has 0 spiro atoms. The molecule has 0 radical (unpaired) electrons. The number of hydrogen-bond acceptors (Lipinski definition) is 20. The molecule has 3 aromatic rings. The Morgan fingerprint density at radius 1 is 0.614 bits per heavy atom. The molecule has 0 unspecified atom stereocenters. The van der Waals surface area contributed by atoms with E-state index in [1.54, 1.807) is 82.9 Å². The number of rotatable bonds is 42. The van der Waals surface area contributed by atoms with E-state index in [0.29, 0.717) is 183 Å². The molecule has 1 aromatic heterocycles. The maximum absolute atomic E-state index is 14.5. The van der Waals surface area contributed by atoms with Crippen molar-refractivity contribution in [3.05, 3.63) is 59.3 Å². The first kappa shape index (κ1) is 80.7. The number of carbonyl (C=O) groups is 9. The van der Waals surface area contributed by atoms with Gasteiger partial charge in [-0.05, 0) is 149 Å². The van der Waals surface area contributed by atoms with Crippen molar-refractivity contribution in [1.29, 1.82) is 0 Å². The number of carboxylic acid groups (broad SMARTS) is 3. The van der Waals surface area contributed by atoms with Crippen LogP contribution in [0.25, 0.3) is 16.9 Å². The Bertz CT molecular complexity index is 3170. The molecule has 5 aliphatic rings. The minimum atomic E-state index is -1.38. The van der Waals surface area contributed by atoms with Gasteiger partial charge in [0.1, 0.15) is 23.3 Å². The third kappa shape index (κ3) is 24.2. The van der Waals surface area contributed by atoms with Crippen LogP contribution in [0.3, 0.4) is 0 Å². The Hall–Kier alpha value is -7.64. The van der Waals surface area contributed by atoms with Crippen LogP contribution < -0.4 is 25.4 Å². The Kier molecular flexibility index (Phi) is 32.6. The molecule has 2 heterocycles. The van der Waals surface area contributed by atoms with Crippen LogP contribution in [0.5, 0.6) is 11.5 Å². The summed E-state index contributed by atoms with van der Waals surface area (Å²) in [7, 11) is 8.64. The molecule has 4 bridgehead atoms. The second-order valence-electron chi connectivity index (χ2n) is 27.6. The molecule has 5 amide bonds. The van der Waals surface area contributed by atoms with Gasteiger partial charge in [0, 0.05) is 124 Å². The lowest BCUT2D eigenvalue weighted by Gasteiger charge is -2.59. The number of methoxy groups -OCH3 is 2. The molecule has 5 fully saturated rings. The van der Waals surface area contributed by atoms with Gasteiger partial charge in [-0.3, -0.25) is 53.2 Å². The molecule has 560 valence electrons. The summed E-state index contributed by atoms with van der Waals surface area (Å²) in [6.07, 6.45) is 7.86. The maximum atomic E-state index is 14.5. The van der Waals surface area contributed by atoms with Crippen LogP contribution >= 0.6 is 0 Å².